The lowest BCUT2D eigenvalue weighted by molar-refractivity contribution is -0.150. The molecule has 5 heteroatoms. The Bertz CT molecular complexity index is 258. The van der Waals surface area contributed by atoms with Crippen LogP contribution in [0, 0.1) is 0 Å². The van der Waals surface area contributed by atoms with E-state index in [0.29, 0.717) is 13.1 Å². The summed E-state index contributed by atoms with van der Waals surface area (Å²) in [6.07, 6.45) is 3.07. The highest BCUT2D eigenvalue weighted by atomic mass is 16.2. The average Bonchev–Trinajstić information content (AvgIpc) is 2.25. The Morgan fingerprint density at radius 3 is 2.38 bits per heavy atom. The molecule has 1 saturated heterocycles. The van der Waals surface area contributed by atoms with E-state index in [1.165, 1.54) is 0 Å². The molecule has 0 bridgehead atoms. The van der Waals surface area contributed by atoms with Crippen LogP contribution in [0.5, 0.6) is 0 Å². The molecular formula is C11H21N3O2. The number of nitrogens with two attached hydrogens (primary N) is 1. The Labute approximate surface area is 96.4 Å². The van der Waals surface area contributed by atoms with Crippen molar-refractivity contribution in [1.29, 1.82) is 0 Å². The first-order valence-electron chi connectivity index (χ1n) is 5.88. The van der Waals surface area contributed by atoms with Crippen molar-refractivity contribution in [2.75, 3.05) is 13.1 Å². The summed E-state index contributed by atoms with van der Waals surface area (Å²) < 4.78 is 0. The predicted molar refractivity (Wildman–Crippen MR) is 61.7 cm³/mol. The van der Waals surface area contributed by atoms with Gasteiger partial charge in [0.15, 0.2) is 0 Å². The van der Waals surface area contributed by atoms with Gasteiger partial charge in [-0.2, -0.15) is 0 Å². The van der Waals surface area contributed by atoms with Crippen LogP contribution in [-0.4, -0.2) is 41.9 Å². The maximum Gasteiger partial charge on any atom is 0.312 e. The number of likely N-dealkylation sites (tertiary alicyclic amines) is 1. The van der Waals surface area contributed by atoms with Crippen LogP contribution in [0.25, 0.3) is 0 Å². The van der Waals surface area contributed by atoms with E-state index in [1.54, 1.807) is 4.90 Å². The third-order valence-corrected chi connectivity index (χ3v) is 3.05. The summed E-state index contributed by atoms with van der Waals surface area (Å²) in [6, 6.07) is 0.305. The Morgan fingerprint density at radius 2 is 1.88 bits per heavy atom. The molecule has 0 saturated carbocycles. The second-order valence-corrected chi connectivity index (χ2v) is 4.39. The second-order valence-electron chi connectivity index (χ2n) is 4.39. The molecule has 92 valence electrons. The third-order valence-electron chi connectivity index (χ3n) is 3.05. The summed E-state index contributed by atoms with van der Waals surface area (Å²) in [7, 11) is 0. The summed E-state index contributed by atoms with van der Waals surface area (Å²) in [6.45, 7) is 4.68. The molecule has 1 rings (SSSR count). The number of nitrogens with zero attached hydrogens (tertiary/aromatic N) is 1. The number of hydrogen-bond acceptors (Lipinski definition) is 3. The zero-order valence-corrected chi connectivity index (χ0v) is 10.0. The van der Waals surface area contributed by atoms with Gasteiger partial charge in [-0.15, -0.1) is 0 Å². The second kappa shape index (κ2) is 5.84. The lowest BCUT2D eigenvalue weighted by Crippen LogP contribution is -2.53. The van der Waals surface area contributed by atoms with Crippen molar-refractivity contribution >= 4 is 11.8 Å². The number of carbonyl (C=O) groups is 2. The lowest BCUT2D eigenvalue weighted by Gasteiger charge is -2.38. The van der Waals surface area contributed by atoms with E-state index in [4.69, 9.17) is 5.73 Å². The Morgan fingerprint density at radius 1 is 1.31 bits per heavy atom. The molecule has 2 amide bonds. The zero-order chi connectivity index (χ0) is 12.1. The fourth-order valence-corrected chi connectivity index (χ4v) is 2.20. The molecule has 0 radical (unpaired) electrons. The van der Waals surface area contributed by atoms with Gasteiger partial charge in [0.2, 0.25) is 0 Å². The van der Waals surface area contributed by atoms with Crippen molar-refractivity contribution in [3.8, 4) is 0 Å². The molecule has 3 N–H and O–H groups in total. The van der Waals surface area contributed by atoms with Crippen molar-refractivity contribution < 1.29 is 9.59 Å². The van der Waals surface area contributed by atoms with E-state index in [1.807, 2.05) is 13.8 Å². The van der Waals surface area contributed by atoms with Gasteiger partial charge in [-0.05, 0) is 33.1 Å². The molecule has 2 atom stereocenters. The van der Waals surface area contributed by atoms with Gasteiger partial charge in [0.1, 0.15) is 0 Å². The van der Waals surface area contributed by atoms with Crippen molar-refractivity contribution in [2.24, 2.45) is 5.73 Å². The minimum Gasteiger partial charge on any atom is -0.347 e. The van der Waals surface area contributed by atoms with Crippen molar-refractivity contribution in [3.63, 3.8) is 0 Å². The molecule has 0 unspecified atom stereocenters. The van der Waals surface area contributed by atoms with Gasteiger partial charge in [0, 0.05) is 25.2 Å². The van der Waals surface area contributed by atoms with Crippen LogP contribution < -0.4 is 11.1 Å². The summed E-state index contributed by atoms with van der Waals surface area (Å²) >= 11 is 0. The molecule has 0 aromatic rings. The number of carbonyl (C=O) groups excluding carboxylic acids is 2. The van der Waals surface area contributed by atoms with Gasteiger partial charge in [-0.1, -0.05) is 0 Å². The first-order valence-corrected chi connectivity index (χ1v) is 5.88. The summed E-state index contributed by atoms with van der Waals surface area (Å²) in [5.74, 6) is -0.959. The number of nitrogens with one attached hydrogen (secondary N) is 1. The molecule has 5 nitrogen and oxygen atoms in total. The molecule has 0 aromatic carbocycles. The topological polar surface area (TPSA) is 75.4 Å². The van der Waals surface area contributed by atoms with Crippen LogP contribution in [0.3, 0.4) is 0 Å². The van der Waals surface area contributed by atoms with Crippen molar-refractivity contribution in [3.05, 3.63) is 0 Å². The molecule has 0 aliphatic carbocycles. The van der Waals surface area contributed by atoms with Crippen LogP contribution >= 0.6 is 0 Å². The monoisotopic (exact) mass is 227 g/mol. The molecular weight excluding hydrogens is 206 g/mol. The van der Waals surface area contributed by atoms with E-state index in [9.17, 15) is 9.59 Å². The third kappa shape index (κ3) is 2.95. The van der Waals surface area contributed by atoms with Gasteiger partial charge >= 0.3 is 11.8 Å². The minimum absolute atomic E-state index is 0.153. The van der Waals surface area contributed by atoms with E-state index in [-0.39, 0.29) is 12.1 Å². The lowest BCUT2D eigenvalue weighted by atomic mass is 9.97. The van der Waals surface area contributed by atoms with Gasteiger partial charge in [-0.3, -0.25) is 9.59 Å². The summed E-state index contributed by atoms with van der Waals surface area (Å²) in [4.78, 5) is 25.1. The maximum atomic E-state index is 11.9. The van der Waals surface area contributed by atoms with Crippen LogP contribution in [0.1, 0.15) is 33.1 Å². The van der Waals surface area contributed by atoms with Crippen LogP contribution in [0.2, 0.25) is 0 Å². The van der Waals surface area contributed by atoms with Gasteiger partial charge in [-0.25, -0.2) is 0 Å². The fourth-order valence-electron chi connectivity index (χ4n) is 2.20. The number of amides is 2. The largest absolute Gasteiger partial charge is 0.347 e. The minimum atomic E-state index is -0.536. The predicted octanol–water partition coefficient (Wildman–Crippen LogP) is -0.149. The highest BCUT2D eigenvalue weighted by Crippen LogP contribution is 2.22. The summed E-state index contributed by atoms with van der Waals surface area (Å²) in [5.41, 5.74) is 5.27. The number of hydrogen-bond donors (Lipinski definition) is 2. The molecule has 16 heavy (non-hydrogen) atoms. The zero-order valence-electron chi connectivity index (χ0n) is 10.0. The van der Waals surface area contributed by atoms with E-state index in [2.05, 4.69) is 5.32 Å². The average molecular weight is 227 g/mol. The molecule has 0 spiro atoms. The van der Waals surface area contributed by atoms with Gasteiger partial charge in [0.25, 0.3) is 0 Å². The Hall–Kier alpha value is -1.10. The van der Waals surface area contributed by atoms with Crippen LogP contribution in [-0.2, 0) is 9.59 Å². The Balaban J connectivity index is 2.59. The maximum absolute atomic E-state index is 11.9. The highest BCUT2D eigenvalue weighted by Gasteiger charge is 2.32. The van der Waals surface area contributed by atoms with Gasteiger partial charge < -0.3 is 16.0 Å². The smallest absolute Gasteiger partial charge is 0.312 e. The quantitative estimate of drug-likeness (QED) is 0.644. The Kier molecular flexibility index (Phi) is 4.73. The van der Waals surface area contributed by atoms with E-state index >= 15 is 0 Å². The van der Waals surface area contributed by atoms with E-state index < -0.39 is 11.8 Å². The molecule has 1 fully saturated rings. The molecule has 0 aromatic heterocycles. The SMILES string of the molecule is C[C@@H]1CCC[C@H](C)N1C(=O)C(=O)NCCN. The first-order chi connectivity index (χ1) is 7.57. The molecule has 1 heterocycles. The molecule has 1 aliphatic heterocycles. The van der Waals surface area contributed by atoms with Crippen LogP contribution in [0.4, 0.5) is 0 Å². The van der Waals surface area contributed by atoms with E-state index in [0.717, 1.165) is 19.3 Å². The standard InChI is InChI=1S/C11H21N3O2/c1-8-4-3-5-9(2)14(8)11(16)10(15)13-7-6-12/h8-9H,3-7,12H2,1-2H3,(H,13,15)/t8-,9+. The number of piperidine rings is 1. The highest BCUT2D eigenvalue weighted by molar-refractivity contribution is 6.35. The van der Waals surface area contributed by atoms with Crippen molar-refractivity contribution in [1.82, 2.24) is 10.2 Å². The number of rotatable bonds is 2. The normalized spacial score (nSPS) is 25.3. The molecule has 1 aliphatic rings. The van der Waals surface area contributed by atoms with Crippen LogP contribution in [0.15, 0.2) is 0 Å². The fraction of sp³-hybridized carbons (Fsp3) is 0.818. The first kappa shape index (κ1) is 13.0. The summed E-state index contributed by atoms with van der Waals surface area (Å²) in [5, 5.41) is 2.52. The van der Waals surface area contributed by atoms with Crippen molar-refractivity contribution in [2.45, 2.75) is 45.2 Å². The van der Waals surface area contributed by atoms with Gasteiger partial charge in [0.05, 0.1) is 0 Å².